The van der Waals surface area contributed by atoms with Crippen molar-refractivity contribution in [2.45, 2.75) is 5.03 Å². The molecule has 0 fully saturated rings. The van der Waals surface area contributed by atoms with Crippen molar-refractivity contribution in [3.63, 3.8) is 0 Å². The summed E-state index contributed by atoms with van der Waals surface area (Å²) in [5.41, 5.74) is 1.21. The third-order valence-electron chi connectivity index (χ3n) is 3.76. The summed E-state index contributed by atoms with van der Waals surface area (Å²) < 4.78 is 5.75. The lowest BCUT2D eigenvalue weighted by molar-refractivity contribution is 0.344. The summed E-state index contributed by atoms with van der Waals surface area (Å²) in [6.07, 6.45) is 1.63. The van der Waals surface area contributed by atoms with Gasteiger partial charge in [-0.15, -0.1) is 23.1 Å². The first kappa shape index (κ1) is 17.3. The van der Waals surface area contributed by atoms with Crippen LogP contribution in [0.15, 0.2) is 72.0 Å². The fraction of sp³-hybridized carbons (Fsp3) is 0.100. The molecule has 26 heavy (non-hydrogen) atoms. The van der Waals surface area contributed by atoms with Gasteiger partial charge in [0.1, 0.15) is 21.9 Å². The number of benzene rings is 2. The Hall–Kier alpha value is -2.08. The van der Waals surface area contributed by atoms with Crippen molar-refractivity contribution in [3.8, 4) is 16.2 Å². The third kappa shape index (κ3) is 4.01. The van der Waals surface area contributed by atoms with Crippen molar-refractivity contribution in [2.75, 3.05) is 12.4 Å². The number of thioether (sulfide) groups is 1. The van der Waals surface area contributed by atoms with E-state index < -0.39 is 0 Å². The van der Waals surface area contributed by atoms with Crippen molar-refractivity contribution in [1.82, 2.24) is 9.97 Å². The Balaban J connectivity index is 1.45. The van der Waals surface area contributed by atoms with E-state index in [9.17, 15) is 0 Å². The van der Waals surface area contributed by atoms with Crippen LogP contribution in [0.1, 0.15) is 0 Å². The lowest BCUT2D eigenvalue weighted by atomic mass is 10.2. The molecule has 2 aromatic carbocycles. The minimum absolute atomic E-state index is 0.605. The average molecular weight is 399 g/mol. The fourth-order valence-corrected chi connectivity index (χ4v) is 4.51. The van der Waals surface area contributed by atoms with Gasteiger partial charge in [0.25, 0.3) is 0 Å². The smallest absolute Gasteiger partial charge is 0.128 e. The van der Waals surface area contributed by atoms with Crippen LogP contribution < -0.4 is 4.74 Å². The summed E-state index contributed by atoms with van der Waals surface area (Å²) in [4.78, 5) is 11.1. The van der Waals surface area contributed by atoms with Crippen LogP contribution in [0.2, 0.25) is 5.02 Å². The van der Waals surface area contributed by atoms with Gasteiger partial charge in [0, 0.05) is 21.0 Å². The molecule has 0 aliphatic heterocycles. The van der Waals surface area contributed by atoms with Gasteiger partial charge in [-0.05, 0) is 35.9 Å². The van der Waals surface area contributed by atoms with E-state index in [4.69, 9.17) is 16.3 Å². The summed E-state index contributed by atoms with van der Waals surface area (Å²) in [6, 6.07) is 19.9. The van der Waals surface area contributed by atoms with Crippen LogP contribution in [0.4, 0.5) is 0 Å². The number of ether oxygens (including phenoxy) is 1. The minimum atomic E-state index is 0.605. The number of aromatic nitrogens is 2. The molecule has 0 radical (unpaired) electrons. The molecular weight excluding hydrogens is 384 g/mol. The second-order valence-corrected chi connectivity index (χ2v) is 8.08. The molecule has 0 atom stereocenters. The van der Waals surface area contributed by atoms with Gasteiger partial charge >= 0.3 is 0 Å². The summed E-state index contributed by atoms with van der Waals surface area (Å²) in [6.45, 7) is 0.605. The highest BCUT2D eigenvalue weighted by molar-refractivity contribution is 7.99. The zero-order chi connectivity index (χ0) is 17.8. The molecule has 4 aromatic rings. The van der Waals surface area contributed by atoms with E-state index in [1.54, 1.807) is 29.4 Å². The summed E-state index contributed by atoms with van der Waals surface area (Å²) in [5, 5.41) is 2.81. The number of nitrogens with zero attached hydrogens (tertiary/aromatic N) is 2. The topological polar surface area (TPSA) is 35.0 Å². The van der Waals surface area contributed by atoms with E-state index in [1.807, 2.05) is 30.3 Å². The molecule has 130 valence electrons. The summed E-state index contributed by atoms with van der Waals surface area (Å²) in [5.74, 6) is 1.63. The molecule has 6 heteroatoms. The first-order valence-corrected chi connectivity index (χ1v) is 10.3. The molecule has 2 aromatic heterocycles. The molecule has 0 aliphatic rings. The van der Waals surface area contributed by atoms with E-state index >= 15 is 0 Å². The van der Waals surface area contributed by atoms with Gasteiger partial charge in [-0.3, -0.25) is 0 Å². The highest BCUT2D eigenvalue weighted by Gasteiger charge is 2.10. The Kier molecular flexibility index (Phi) is 5.39. The van der Waals surface area contributed by atoms with Crippen molar-refractivity contribution in [2.24, 2.45) is 0 Å². The molecular formula is C20H15ClN2OS2. The lowest BCUT2D eigenvalue weighted by Gasteiger charge is -2.06. The number of thiophene rings is 1. The van der Waals surface area contributed by atoms with Gasteiger partial charge in [0.15, 0.2) is 0 Å². The van der Waals surface area contributed by atoms with Gasteiger partial charge in [0.05, 0.1) is 6.61 Å². The van der Waals surface area contributed by atoms with Gasteiger partial charge in [-0.25, -0.2) is 9.97 Å². The number of fused-ring (bicyclic) bond motifs is 1. The molecule has 0 spiro atoms. The first-order valence-electron chi connectivity index (χ1n) is 8.11. The van der Waals surface area contributed by atoms with Crippen LogP contribution in [0.5, 0.6) is 5.75 Å². The second-order valence-electron chi connectivity index (χ2n) is 5.53. The fourth-order valence-electron chi connectivity index (χ4n) is 2.52. The van der Waals surface area contributed by atoms with E-state index in [2.05, 4.69) is 40.3 Å². The molecule has 2 heterocycles. The van der Waals surface area contributed by atoms with Crippen molar-refractivity contribution >= 4 is 44.9 Å². The number of halogens is 1. The second kappa shape index (κ2) is 8.08. The third-order valence-corrected chi connectivity index (χ3v) is 6.07. The molecule has 0 unspecified atom stereocenters. The highest BCUT2D eigenvalue weighted by atomic mass is 35.5. The van der Waals surface area contributed by atoms with Crippen molar-refractivity contribution in [3.05, 3.63) is 72.0 Å². The molecule has 4 rings (SSSR count). The predicted octanol–water partition coefficient (Wildman–Crippen LogP) is 6.18. The average Bonchev–Trinajstić information content (AvgIpc) is 3.12. The molecule has 3 nitrogen and oxygen atoms in total. The monoisotopic (exact) mass is 398 g/mol. The van der Waals surface area contributed by atoms with Gasteiger partial charge in [0.2, 0.25) is 0 Å². The Bertz CT molecular complexity index is 1000. The maximum absolute atomic E-state index is 5.88. The zero-order valence-electron chi connectivity index (χ0n) is 13.8. The van der Waals surface area contributed by atoms with Crippen molar-refractivity contribution < 1.29 is 4.74 Å². The van der Waals surface area contributed by atoms with Gasteiger partial charge < -0.3 is 4.74 Å². The number of hydrogen-bond donors (Lipinski definition) is 0. The van der Waals surface area contributed by atoms with Gasteiger partial charge in [-0.1, -0.05) is 41.9 Å². The van der Waals surface area contributed by atoms with E-state index in [1.165, 1.54) is 10.4 Å². The van der Waals surface area contributed by atoms with Crippen LogP contribution in [-0.2, 0) is 0 Å². The van der Waals surface area contributed by atoms with Crippen LogP contribution in [0.25, 0.3) is 20.7 Å². The van der Waals surface area contributed by atoms with Crippen LogP contribution in [-0.4, -0.2) is 22.3 Å². The molecule has 0 bridgehead atoms. The Labute approximate surface area is 165 Å². The van der Waals surface area contributed by atoms with E-state index in [0.29, 0.717) is 11.6 Å². The van der Waals surface area contributed by atoms with E-state index in [0.717, 1.165) is 26.7 Å². The highest BCUT2D eigenvalue weighted by Crippen LogP contribution is 2.36. The number of rotatable bonds is 6. The quantitative estimate of drug-likeness (QED) is 0.220. The molecule has 0 saturated heterocycles. The molecule has 0 saturated carbocycles. The van der Waals surface area contributed by atoms with Crippen LogP contribution >= 0.6 is 34.7 Å². The van der Waals surface area contributed by atoms with E-state index in [-0.39, 0.29) is 0 Å². The Morgan fingerprint density at radius 1 is 1.00 bits per heavy atom. The number of hydrogen-bond acceptors (Lipinski definition) is 5. The standard InChI is InChI=1S/C20H15ClN2OS2/c21-15-6-8-16(9-7-15)24-10-11-25-19-17-12-18(14-4-2-1-3-5-14)26-20(17)23-13-22-19/h1-9,12-13H,10-11H2. The maximum Gasteiger partial charge on any atom is 0.128 e. The first-order chi connectivity index (χ1) is 12.8. The lowest BCUT2D eigenvalue weighted by Crippen LogP contribution is -2.00. The SMILES string of the molecule is Clc1ccc(OCCSc2ncnc3sc(-c4ccccc4)cc23)cc1. The normalized spacial score (nSPS) is 11.0. The molecule has 0 N–H and O–H groups in total. The summed E-state index contributed by atoms with van der Waals surface area (Å²) >= 11 is 9.26. The Morgan fingerprint density at radius 3 is 2.62 bits per heavy atom. The summed E-state index contributed by atoms with van der Waals surface area (Å²) in [7, 11) is 0. The van der Waals surface area contributed by atoms with Crippen LogP contribution in [0.3, 0.4) is 0 Å². The minimum Gasteiger partial charge on any atom is -0.493 e. The zero-order valence-corrected chi connectivity index (χ0v) is 16.2. The molecule has 0 aliphatic carbocycles. The maximum atomic E-state index is 5.88. The largest absolute Gasteiger partial charge is 0.493 e. The van der Waals surface area contributed by atoms with Gasteiger partial charge in [-0.2, -0.15) is 0 Å². The van der Waals surface area contributed by atoms with Crippen LogP contribution in [0, 0.1) is 0 Å². The Morgan fingerprint density at radius 2 is 1.81 bits per heavy atom. The predicted molar refractivity (Wildman–Crippen MR) is 111 cm³/mol. The van der Waals surface area contributed by atoms with Crippen molar-refractivity contribution in [1.29, 1.82) is 0 Å². The molecule has 0 amide bonds.